The number of benzene rings is 1. The van der Waals surface area contributed by atoms with Crippen LogP contribution in [0.3, 0.4) is 0 Å². The van der Waals surface area contributed by atoms with Gasteiger partial charge in [-0.25, -0.2) is 4.79 Å². The van der Waals surface area contributed by atoms with E-state index in [2.05, 4.69) is 10.6 Å². The number of amides is 4. The maximum absolute atomic E-state index is 12.5. The third-order valence-corrected chi connectivity index (χ3v) is 5.22. The number of urea groups is 1. The molecule has 1 aliphatic heterocycles. The lowest BCUT2D eigenvalue weighted by Gasteiger charge is -2.20. The first-order chi connectivity index (χ1) is 11.4. The molecule has 0 radical (unpaired) electrons. The van der Waals surface area contributed by atoms with Crippen LogP contribution in [0.5, 0.6) is 0 Å². The average Bonchev–Trinajstić information content (AvgIpc) is 3.09. The predicted octanol–water partition coefficient (Wildman–Crippen LogP) is 2.84. The van der Waals surface area contributed by atoms with Crippen LogP contribution in [0.25, 0.3) is 0 Å². The second-order valence-corrected chi connectivity index (χ2v) is 6.79. The summed E-state index contributed by atoms with van der Waals surface area (Å²) in [5.41, 5.74) is 0.696. The van der Waals surface area contributed by atoms with Crippen molar-refractivity contribution in [3.63, 3.8) is 0 Å². The van der Waals surface area contributed by atoms with Crippen LogP contribution in [0.2, 0.25) is 5.02 Å². The van der Waals surface area contributed by atoms with Gasteiger partial charge in [0.25, 0.3) is 5.91 Å². The van der Waals surface area contributed by atoms with Crippen LogP contribution in [-0.2, 0) is 9.59 Å². The second-order valence-electron chi connectivity index (χ2n) is 6.39. The van der Waals surface area contributed by atoms with E-state index in [0.29, 0.717) is 23.6 Å². The topological polar surface area (TPSA) is 78.5 Å². The number of carbonyl (C=O) groups is 3. The van der Waals surface area contributed by atoms with Crippen LogP contribution < -0.4 is 10.6 Å². The standard InChI is InChI=1S/C17H20ClN3O3/c1-11-12(18)5-4-6-13(11)19-14(22)7-10-21-15(23)17(20-16(21)24)8-2-3-9-17/h4-6H,2-3,7-10H2,1H3,(H,19,22)(H,20,24). The van der Waals surface area contributed by atoms with Gasteiger partial charge in [-0.3, -0.25) is 14.5 Å². The molecule has 0 unspecified atom stereocenters. The monoisotopic (exact) mass is 349 g/mol. The van der Waals surface area contributed by atoms with Crippen molar-refractivity contribution in [1.29, 1.82) is 0 Å². The summed E-state index contributed by atoms with van der Waals surface area (Å²) in [5, 5.41) is 6.15. The van der Waals surface area contributed by atoms with Crippen molar-refractivity contribution in [2.75, 3.05) is 11.9 Å². The van der Waals surface area contributed by atoms with Crippen LogP contribution in [0.15, 0.2) is 18.2 Å². The summed E-state index contributed by atoms with van der Waals surface area (Å²) in [6.45, 7) is 1.90. The number of nitrogens with one attached hydrogen (secondary N) is 2. The number of nitrogens with zero attached hydrogens (tertiary/aromatic N) is 1. The Morgan fingerprint density at radius 3 is 2.75 bits per heavy atom. The zero-order chi connectivity index (χ0) is 17.3. The Morgan fingerprint density at radius 1 is 1.33 bits per heavy atom. The molecule has 1 aliphatic carbocycles. The molecule has 6 nitrogen and oxygen atoms in total. The molecule has 0 atom stereocenters. The molecule has 0 bridgehead atoms. The largest absolute Gasteiger partial charge is 0.326 e. The zero-order valence-electron chi connectivity index (χ0n) is 13.5. The van der Waals surface area contributed by atoms with Crippen molar-refractivity contribution in [3.05, 3.63) is 28.8 Å². The lowest BCUT2D eigenvalue weighted by Crippen LogP contribution is -2.44. The summed E-state index contributed by atoms with van der Waals surface area (Å²) in [5.74, 6) is -0.454. The molecule has 128 valence electrons. The van der Waals surface area contributed by atoms with E-state index < -0.39 is 11.6 Å². The summed E-state index contributed by atoms with van der Waals surface area (Å²) in [6, 6.07) is 4.88. The Kier molecular flexibility index (Phi) is 4.49. The van der Waals surface area contributed by atoms with Gasteiger partial charge < -0.3 is 10.6 Å². The lowest BCUT2D eigenvalue weighted by molar-refractivity contribution is -0.131. The number of halogens is 1. The maximum atomic E-state index is 12.5. The third kappa shape index (κ3) is 2.98. The van der Waals surface area contributed by atoms with Crippen molar-refractivity contribution < 1.29 is 14.4 Å². The Morgan fingerprint density at radius 2 is 2.04 bits per heavy atom. The molecule has 1 heterocycles. The maximum Gasteiger partial charge on any atom is 0.325 e. The Balaban J connectivity index is 1.59. The fourth-order valence-electron chi connectivity index (χ4n) is 3.37. The SMILES string of the molecule is Cc1c(Cl)cccc1NC(=O)CCN1C(=O)NC2(CCCC2)C1=O. The Hall–Kier alpha value is -2.08. The molecule has 2 N–H and O–H groups in total. The van der Waals surface area contributed by atoms with E-state index in [1.54, 1.807) is 18.2 Å². The van der Waals surface area contributed by atoms with Gasteiger partial charge in [0.15, 0.2) is 0 Å². The molecular weight excluding hydrogens is 330 g/mol. The molecule has 0 aromatic heterocycles. The number of hydrogen-bond donors (Lipinski definition) is 2. The highest BCUT2D eigenvalue weighted by atomic mass is 35.5. The molecule has 1 saturated heterocycles. The highest BCUT2D eigenvalue weighted by Gasteiger charge is 2.52. The minimum absolute atomic E-state index is 0.0567. The van der Waals surface area contributed by atoms with Gasteiger partial charge in [-0.15, -0.1) is 0 Å². The van der Waals surface area contributed by atoms with E-state index in [1.165, 1.54) is 0 Å². The summed E-state index contributed by atoms with van der Waals surface area (Å²) in [6.07, 6.45) is 3.30. The Labute approximate surface area is 145 Å². The fourth-order valence-corrected chi connectivity index (χ4v) is 3.54. The van der Waals surface area contributed by atoms with Crippen molar-refractivity contribution >= 4 is 35.1 Å². The van der Waals surface area contributed by atoms with E-state index in [-0.39, 0.29) is 24.8 Å². The number of rotatable bonds is 4. The average molecular weight is 350 g/mol. The van der Waals surface area contributed by atoms with Crippen LogP contribution in [0.1, 0.15) is 37.7 Å². The van der Waals surface area contributed by atoms with Gasteiger partial charge >= 0.3 is 6.03 Å². The van der Waals surface area contributed by atoms with Gasteiger partial charge in [-0.1, -0.05) is 30.5 Å². The molecule has 1 spiro atoms. The molecular formula is C17H20ClN3O3. The van der Waals surface area contributed by atoms with E-state index in [0.717, 1.165) is 23.3 Å². The quantitative estimate of drug-likeness (QED) is 0.820. The van der Waals surface area contributed by atoms with Crippen molar-refractivity contribution in [2.45, 2.75) is 44.6 Å². The molecule has 1 aromatic carbocycles. The fraction of sp³-hybridized carbons (Fsp3) is 0.471. The molecule has 1 aromatic rings. The first kappa shape index (κ1) is 16.8. The van der Waals surface area contributed by atoms with Gasteiger partial charge in [0.2, 0.25) is 5.91 Å². The smallest absolute Gasteiger partial charge is 0.325 e. The van der Waals surface area contributed by atoms with Gasteiger partial charge in [0.05, 0.1) is 0 Å². The van der Waals surface area contributed by atoms with Crippen LogP contribution >= 0.6 is 11.6 Å². The van der Waals surface area contributed by atoms with Crippen LogP contribution in [-0.4, -0.2) is 34.8 Å². The van der Waals surface area contributed by atoms with Crippen molar-refractivity contribution in [3.8, 4) is 0 Å². The van der Waals surface area contributed by atoms with Crippen molar-refractivity contribution in [1.82, 2.24) is 10.2 Å². The zero-order valence-corrected chi connectivity index (χ0v) is 14.3. The van der Waals surface area contributed by atoms with Crippen LogP contribution in [0, 0.1) is 6.92 Å². The second kappa shape index (κ2) is 6.43. The number of hydrogen-bond acceptors (Lipinski definition) is 3. The van der Waals surface area contributed by atoms with E-state index in [9.17, 15) is 14.4 Å². The molecule has 2 fully saturated rings. The molecule has 24 heavy (non-hydrogen) atoms. The summed E-state index contributed by atoms with van der Waals surface area (Å²) < 4.78 is 0. The van der Waals surface area contributed by atoms with Gasteiger partial charge in [-0.05, 0) is 37.5 Å². The third-order valence-electron chi connectivity index (χ3n) is 4.81. The lowest BCUT2D eigenvalue weighted by atomic mass is 9.98. The van der Waals surface area contributed by atoms with E-state index in [4.69, 9.17) is 11.6 Å². The van der Waals surface area contributed by atoms with E-state index in [1.807, 2.05) is 6.92 Å². The normalized spacial score (nSPS) is 19.0. The minimum Gasteiger partial charge on any atom is -0.326 e. The first-order valence-corrected chi connectivity index (χ1v) is 8.50. The summed E-state index contributed by atoms with van der Waals surface area (Å²) >= 11 is 6.03. The number of imide groups is 1. The highest BCUT2D eigenvalue weighted by Crippen LogP contribution is 2.35. The van der Waals surface area contributed by atoms with Gasteiger partial charge in [-0.2, -0.15) is 0 Å². The molecule has 7 heteroatoms. The minimum atomic E-state index is -0.725. The number of anilines is 1. The van der Waals surface area contributed by atoms with Gasteiger partial charge in [0.1, 0.15) is 5.54 Å². The van der Waals surface area contributed by atoms with Crippen LogP contribution in [0.4, 0.5) is 10.5 Å². The van der Waals surface area contributed by atoms with E-state index >= 15 is 0 Å². The molecule has 1 saturated carbocycles. The summed E-state index contributed by atoms with van der Waals surface area (Å²) in [4.78, 5) is 37.9. The van der Waals surface area contributed by atoms with Gasteiger partial charge in [0, 0.05) is 23.7 Å². The van der Waals surface area contributed by atoms with Crippen molar-refractivity contribution in [2.24, 2.45) is 0 Å². The predicted molar refractivity (Wildman–Crippen MR) is 90.9 cm³/mol. The summed E-state index contributed by atoms with van der Waals surface area (Å²) in [7, 11) is 0. The first-order valence-electron chi connectivity index (χ1n) is 8.12. The Bertz CT molecular complexity index is 698. The molecule has 2 aliphatic rings. The molecule has 4 amide bonds. The number of carbonyl (C=O) groups excluding carboxylic acids is 3. The highest BCUT2D eigenvalue weighted by molar-refractivity contribution is 6.31. The molecule has 3 rings (SSSR count).